The number of aromatic nitrogens is 3. The van der Waals surface area contributed by atoms with Gasteiger partial charge in [-0.1, -0.05) is 16.6 Å². The van der Waals surface area contributed by atoms with Crippen LogP contribution < -0.4 is 0 Å². The van der Waals surface area contributed by atoms with Crippen molar-refractivity contribution in [3.05, 3.63) is 41.4 Å². The lowest BCUT2D eigenvalue weighted by atomic mass is 10.3. The average molecular weight is 221 g/mol. The number of benzene rings is 1. The standard InChI is InChI=1S/C6H4N2S.C3H3NS/c1-2-4-6-5(3-1)7-8-9-6;1-2-5-3-4-1/h1-4H;1-3H. The largest absolute Gasteiger partial charge is 0.253 e. The minimum Gasteiger partial charge on any atom is -0.253 e. The molecule has 0 atom stereocenters. The van der Waals surface area contributed by atoms with Gasteiger partial charge in [0, 0.05) is 11.6 Å². The lowest BCUT2D eigenvalue weighted by Gasteiger charge is -1.78. The van der Waals surface area contributed by atoms with E-state index in [0.29, 0.717) is 0 Å². The Morgan fingerprint density at radius 1 is 1.14 bits per heavy atom. The van der Waals surface area contributed by atoms with Crippen molar-refractivity contribution in [2.75, 3.05) is 0 Å². The Labute approximate surface area is 89.2 Å². The maximum Gasteiger partial charge on any atom is 0.105 e. The van der Waals surface area contributed by atoms with E-state index in [1.165, 1.54) is 11.5 Å². The summed E-state index contributed by atoms with van der Waals surface area (Å²) in [6.07, 6.45) is 1.77. The maximum atomic E-state index is 3.89. The molecule has 14 heavy (non-hydrogen) atoms. The van der Waals surface area contributed by atoms with Gasteiger partial charge in [0.2, 0.25) is 0 Å². The van der Waals surface area contributed by atoms with Crippen LogP contribution in [0.5, 0.6) is 0 Å². The zero-order valence-electron chi connectivity index (χ0n) is 7.20. The minimum absolute atomic E-state index is 0.988. The Balaban J connectivity index is 0.000000128. The highest BCUT2D eigenvalue weighted by Gasteiger charge is 1.91. The molecule has 0 aliphatic heterocycles. The lowest BCUT2D eigenvalue weighted by molar-refractivity contribution is 1.20. The number of fused-ring (bicyclic) bond motifs is 1. The van der Waals surface area contributed by atoms with Gasteiger partial charge in [-0.05, 0) is 23.7 Å². The third-order valence-electron chi connectivity index (χ3n) is 1.50. The van der Waals surface area contributed by atoms with E-state index in [9.17, 15) is 0 Å². The Hall–Kier alpha value is -1.33. The van der Waals surface area contributed by atoms with E-state index in [0.717, 1.165) is 10.2 Å². The van der Waals surface area contributed by atoms with Gasteiger partial charge in [-0.15, -0.1) is 16.4 Å². The molecule has 2 heterocycles. The smallest absolute Gasteiger partial charge is 0.105 e. The van der Waals surface area contributed by atoms with E-state index in [1.54, 1.807) is 23.0 Å². The van der Waals surface area contributed by atoms with Crippen molar-refractivity contribution in [3.8, 4) is 0 Å². The summed E-state index contributed by atoms with van der Waals surface area (Å²) < 4.78 is 4.94. The van der Waals surface area contributed by atoms with Crippen LogP contribution in [0.15, 0.2) is 41.4 Å². The topological polar surface area (TPSA) is 38.7 Å². The van der Waals surface area contributed by atoms with Crippen molar-refractivity contribution in [1.29, 1.82) is 0 Å². The third-order valence-corrected chi connectivity index (χ3v) is 2.73. The monoisotopic (exact) mass is 221 g/mol. The van der Waals surface area contributed by atoms with E-state index in [2.05, 4.69) is 14.6 Å². The number of rotatable bonds is 0. The molecule has 3 rings (SSSR count). The molecule has 3 aromatic rings. The second kappa shape index (κ2) is 4.78. The Kier molecular flexibility index (Phi) is 3.15. The average Bonchev–Trinajstić information content (AvgIpc) is 2.92. The van der Waals surface area contributed by atoms with Crippen molar-refractivity contribution in [2.45, 2.75) is 0 Å². The van der Waals surface area contributed by atoms with E-state index >= 15 is 0 Å². The van der Waals surface area contributed by atoms with Crippen molar-refractivity contribution >= 4 is 33.1 Å². The first-order chi connectivity index (χ1) is 6.97. The zero-order chi connectivity index (χ0) is 9.64. The first-order valence-electron chi connectivity index (χ1n) is 3.96. The number of hydrogen-bond donors (Lipinski definition) is 0. The molecule has 0 saturated heterocycles. The van der Waals surface area contributed by atoms with Crippen molar-refractivity contribution in [2.24, 2.45) is 0 Å². The fourth-order valence-corrected chi connectivity index (χ4v) is 1.81. The van der Waals surface area contributed by atoms with Gasteiger partial charge in [0.1, 0.15) is 5.52 Å². The Bertz CT molecular complexity index is 428. The van der Waals surface area contributed by atoms with Crippen molar-refractivity contribution in [1.82, 2.24) is 14.6 Å². The van der Waals surface area contributed by atoms with Gasteiger partial charge in [0.25, 0.3) is 0 Å². The van der Waals surface area contributed by atoms with Crippen molar-refractivity contribution < 1.29 is 0 Å². The minimum atomic E-state index is 0.988. The summed E-state index contributed by atoms with van der Waals surface area (Å²) in [4.78, 5) is 3.74. The molecule has 3 nitrogen and oxygen atoms in total. The molecule has 0 unspecified atom stereocenters. The van der Waals surface area contributed by atoms with Gasteiger partial charge < -0.3 is 0 Å². The molecule has 0 aliphatic rings. The molecule has 70 valence electrons. The molecule has 0 bridgehead atoms. The summed E-state index contributed by atoms with van der Waals surface area (Å²) in [5.74, 6) is 0. The molecule has 2 aromatic heterocycles. The van der Waals surface area contributed by atoms with Gasteiger partial charge in [-0.2, -0.15) is 0 Å². The molecular formula is C9H7N3S2. The number of thiazole rings is 1. The third kappa shape index (κ3) is 2.34. The predicted octanol–water partition coefficient (Wildman–Crippen LogP) is 2.83. The van der Waals surface area contributed by atoms with Crippen LogP contribution in [0, 0.1) is 0 Å². The van der Waals surface area contributed by atoms with Crippen LogP contribution >= 0.6 is 22.9 Å². The van der Waals surface area contributed by atoms with Crippen molar-refractivity contribution in [3.63, 3.8) is 0 Å². The summed E-state index contributed by atoms with van der Waals surface area (Å²) in [6, 6.07) is 7.92. The second-order valence-corrected chi connectivity index (χ2v) is 3.96. The predicted molar refractivity (Wildman–Crippen MR) is 59.5 cm³/mol. The molecular weight excluding hydrogens is 214 g/mol. The molecule has 0 N–H and O–H groups in total. The molecule has 5 heteroatoms. The highest BCUT2D eigenvalue weighted by atomic mass is 32.1. The fourth-order valence-electron chi connectivity index (χ4n) is 0.901. The Morgan fingerprint density at radius 3 is 2.71 bits per heavy atom. The SMILES string of the molecule is c1ccc2snnc2c1.c1cscn1. The normalized spacial score (nSPS) is 9.43. The maximum absolute atomic E-state index is 3.89. The number of nitrogens with zero attached hydrogens (tertiary/aromatic N) is 3. The van der Waals surface area contributed by atoms with Gasteiger partial charge in [-0.3, -0.25) is 4.98 Å². The summed E-state index contributed by atoms with van der Waals surface area (Å²) in [7, 11) is 0. The van der Waals surface area contributed by atoms with E-state index in [1.807, 2.05) is 29.6 Å². The van der Waals surface area contributed by atoms with Gasteiger partial charge >= 0.3 is 0 Å². The summed E-state index contributed by atoms with van der Waals surface area (Å²) in [6.45, 7) is 0. The molecule has 0 spiro atoms. The van der Waals surface area contributed by atoms with Gasteiger partial charge in [0.05, 0.1) is 10.2 Å². The number of hydrogen-bond acceptors (Lipinski definition) is 5. The van der Waals surface area contributed by atoms with Crippen LogP contribution in [0.2, 0.25) is 0 Å². The van der Waals surface area contributed by atoms with Gasteiger partial charge in [0.15, 0.2) is 0 Å². The molecule has 0 saturated carbocycles. The van der Waals surface area contributed by atoms with Crippen LogP contribution in [0.1, 0.15) is 0 Å². The summed E-state index contributed by atoms with van der Waals surface area (Å²) >= 11 is 3.03. The van der Waals surface area contributed by atoms with Gasteiger partial charge in [-0.25, -0.2) is 0 Å². The summed E-state index contributed by atoms with van der Waals surface area (Å²) in [5, 5.41) is 5.82. The first-order valence-corrected chi connectivity index (χ1v) is 5.67. The van der Waals surface area contributed by atoms with E-state index < -0.39 is 0 Å². The van der Waals surface area contributed by atoms with Crippen LogP contribution in [-0.4, -0.2) is 14.6 Å². The molecule has 0 radical (unpaired) electrons. The molecule has 0 amide bonds. The second-order valence-electron chi connectivity index (χ2n) is 2.42. The van der Waals surface area contributed by atoms with E-state index in [4.69, 9.17) is 0 Å². The Morgan fingerprint density at radius 2 is 2.07 bits per heavy atom. The highest BCUT2D eigenvalue weighted by Crippen LogP contribution is 2.12. The molecule has 0 fully saturated rings. The van der Waals surface area contributed by atoms with Crippen LogP contribution in [0.3, 0.4) is 0 Å². The highest BCUT2D eigenvalue weighted by molar-refractivity contribution is 7.12. The summed E-state index contributed by atoms with van der Waals surface area (Å²) in [5.41, 5.74) is 2.78. The molecule has 1 aromatic carbocycles. The quantitative estimate of drug-likeness (QED) is 0.586. The van der Waals surface area contributed by atoms with Crippen LogP contribution in [-0.2, 0) is 0 Å². The molecule has 0 aliphatic carbocycles. The lowest BCUT2D eigenvalue weighted by Crippen LogP contribution is -1.63. The fraction of sp³-hybridized carbons (Fsp3) is 0. The van der Waals surface area contributed by atoms with Crippen LogP contribution in [0.4, 0.5) is 0 Å². The van der Waals surface area contributed by atoms with Crippen LogP contribution in [0.25, 0.3) is 10.2 Å². The zero-order valence-corrected chi connectivity index (χ0v) is 8.83. The first kappa shape index (κ1) is 9.23. The van der Waals surface area contributed by atoms with E-state index in [-0.39, 0.29) is 0 Å².